The quantitative estimate of drug-likeness (QED) is 0.583. The van der Waals surface area contributed by atoms with Crippen LogP contribution < -0.4 is 0 Å². The van der Waals surface area contributed by atoms with Crippen LogP contribution in [0.3, 0.4) is 0 Å². The Kier molecular flexibility index (Phi) is 2.12. The average molecular weight is 157 g/mol. The lowest BCUT2D eigenvalue weighted by molar-refractivity contribution is -0.117. The van der Waals surface area contributed by atoms with Crippen molar-refractivity contribution in [2.45, 2.75) is 19.9 Å². The van der Waals surface area contributed by atoms with Crippen molar-refractivity contribution in [3.63, 3.8) is 0 Å². The van der Waals surface area contributed by atoms with Crippen molar-refractivity contribution in [3.05, 3.63) is 0 Å². The zero-order chi connectivity index (χ0) is 8.43. The average Bonchev–Trinajstić information content (AvgIpc) is 2.18. The number of amides is 1. The first-order chi connectivity index (χ1) is 5.11. The fourth-order valence-corrected chi connectivity index (χ4v) is 1.00. The Balaban J connectivity index is 2.54. The largest absolute Gasteiger partial charge is 0.447 e. The maximum absolute atomic E-state index is 10.9. The van der Waals surface area contributed by atoms with Gasteiger partial charge in [-0.05, 0) is 13.8 Å². The molecule has 1 aliphatic rings. The standard InChI is InChI=1S/C7H11NO3/c1-5-4-11-7(10)8(5)3-6(2)9/h5H,3-4H2,1-2H3. The molecular weight excluding hydrogens is 146 g/mol. The monoisotopic (exact) mass is 157 g/mol. The number of Topliss-reactive ketones (excluding diaryl/α,β-unsaturated/α-hetero) is 1. The lowest BCUT2D eigenvalue weighted by Crippen LogP contribution is -2.35. The Bertz CT molecular complexity index is 190. The molecular formula is C7H11NO3. The number of carbonyl (C=O) groups is 2. The number of cyclic esters (lactones) is 1. The highest BCUT2D eigenvalue weighted by atomic mass is 16.6. The summed E-state index contributed by atoms with van der Waals surface area (Å²) in [4.78, 5) is 22.9. The van der Waals surface area contributed by atoms with Gasteiger partial charge in [0.25, 0.3) is 0 Å². The summed E-state index contributed by atoms with van der Waals surface area (Å²) in [5.74, 6) is -0.0179. The van der Waals surface area contributed by atoms with Crippen molar-refractivity contribution in [3.8, 4) is 0 Å². The van der Waals surface area contributed by atoms with Gasteiger partial charge in [-0.2, -0.15) is 0 Å². The minimum atomic E-state index is -0.382. The number of nitrogens with zero attached hydrogens (tertiary/aromatic N) is 1. The van der Waals surface area contributed by atoms with Gasteiger partial charge >= 0.3 is 6.09 Å². The van der Waals surface area contributed by atoms with E-state index >= 15 is 0 Å². The van der Waals surface area contributed by atoms with Crippen molar-refractivity contribution >= 4 is 11.9 Å². The summed E-state index contributed by atoms with van der Waals surface area (Å²) in [5.41, 5.74) is 0. The summed E-state index contributed by atoms with van der Waals surface area (Å²) in [7, 11) is 0. The molecule has 0 saturated carbocycles. The highest BCUT2D eigenvalue weighted by molar-refractivity contribution is 5.82. The second-order valence-corrected chi connectivity index (χ2v) is 2.76. The van der Waals surface area contributed by atoms with Crippen LogP contribution in [0.25, 0.3) is 0 Å². The lowest BCUT2D eigenvalue weighted by Gasteiger charge is -2.14. The van der Waals surface area contributed by atoms with E-state index in [2.05, 4.69) is 0 Å². The number of rotatable bonds is 2. The smallest absolute Gasteiger partial charge is 0.410 e. The molecule has 0 spiro atoms. The Labute approximate surface area is 65.1 Å². The molecule has 4 heteroatoms. The Morgan fingerprint density at radius 3 is 2.82 bits per heavy atom. The molecule has 0 aromatic heterocycles. The van der Waals surface area contributed by atoms with E-state index in [-0.39, 0.29) is 24.5 Å². The molecule has 1 fully saturated rings. The van der Waals surface area contributed by atoms with Crippen LogP contribution in [0.5, 0.6) is 0 Å². The summed E-state index contributed by atoms with van der Waals surface area (Å²) < 4.78 is 4.71. The molecule has 1 amide bonds. The molecule has 1 atom stereocenters. The van der Waals surface area contributed by atoms with E-state index in [0.717, 1.165) is 0 Å². The fourth-order valence-electron chi connectivity index (χ4n) is 1.00. The second kappa shape index (κ2) is 2.90. The van der Waals surface area contributed by atoms with Gasteiger partial charge < -0.3 is 4.74 Å². The second-order valence-electron chi connectivity index (χ2n) is 2.76. The summed E-state index contributed by atoms with van der Waals surface area (Å²) in [6.07, 6.45) is -0.382. The first-order valence-electron chi connectivity index (χ1n) is 3.54. The highest BCUT2D eigenvalue weighted by Gasteiger charge is 2.29. The van der Waals surface area contributed by atoms with E-state index in [1.807, 2.05) is 6.92 Å². The van der Waals surface area contributed by atoms with Gasteiger partial charge in [-0.3, -0.25) is 9.69 Å². The Morgan fingerprint density at radius 1 is 1.82 bits per heavy atom. The van der Waals surface area contributed by atoms with Gasteiger partial charge in [0.15, 0.2) is 0 Å². The SMILES string of the molecule is CC(=O)CN1C(=O)OCC1C. The molecule has 0 radical (unpaired) electrons. The van der Waals surface area contributed by atoms with Crippen molar-refractivity contribution in [2.24, 2.45) is 0 Å². The van der Waals surface area contributed by atoms with Crippen LogP contribution in [0, 0.1) is 0 Å². The molecule has 1 rings (SSSR count). The molecule has 1 saturated heterocycles. The molecule has 0 aliphatic carbocycles. The summed E-state index contributed by atoms with van der Waals surface area (Å²) in [5, 5.41) is 0. The van der Waals surface area contributed by atoms with Crippen molar-refractivity contribution in [1.29, 1.82) is 0 Å². The molecule has 0 N–H and O–H groups in total. The van der Waals surface area contributed by atoms with Crippen molar-refractivity contribution < 1.29 is 14.3 Å². The number of hydrogen-bond donors (Lipinski definition) is 0. The molecule has 0 bridgehead atoms. The van der Waals surface area contributed by atoms with Crippen LogP contribution in [0.1, 0.15) is 13.8 Å². The van der Waals surface area contributed by atoms with Crippen molar-refractivity contribution in [2.75, 3.05) is 13.2 Å². The minimum absolute atomic E-state index is 0.0179. The minimum Gasteiger partial charge on any atom is -0.447 e. The normalized spacial score (nSPS) is 23.6. The van der Waals surface area contributed by atoms with Crippen LogP contribution in [0.2, 0.25) is 0 Å². The zero-order valence-electron chi connectivity index (χ0n) is 6.66. The van der Waals surface area contributed by atoms with Gasteiger partial charge in [0, 0.05) is 0 Å². The van der Waals surface area contributed by atoms with E-state index in [1.165, 1.54) is 11.8 Å². The Morgan fingerprint density at radius 2 is 2.45 bits per heavy atom. The van der Waals surface area contributed by atoms with Crippen LogP contribution in [0.15, 0.2) is 0 Å². The third kappa shape index (κ3) is 1.69. The molecule has 1 aliphatic heterocycles. The van der Waals surface area contributed by atoms with Gasteiger partial charge in [0.05, 0.1) is 12.6 Å². The highest BCUT2D eigenvalue weighted by Crippen LogP contribution is 2.10. The molecule has 4 nitrogen and oxygen atoms in total. The first-order valence-corrected chi connectivity index (χ1v) is 3.54. The maximum atomic E-state index is 10.9. The van der Waals surface area contributed by atoms with Gasteiger partial charge in [-0.25, -0.2) is 4.79 Å². The summed E-state index contributed by atoms with van der Waals surface area (Å²) in [6.45, 7) is 3.87. The molecule has 0 aromatic carbocycles. The third-order valence-corrected chi connectivity index (χ3v) is 1.61. The predicted molar refractivity (Wildman–Crippen MR) is 38.2 cm³/mol. The summed E-state index contributed by atoms with van der Waals surface area (Å²) in [6, 6.07) is 0.0337. The molecule has 11 heavy (non-hydrogen) atoms. The number of ether oxygens (including phenoxy) is 1. The lowest BCUT2D eigenvalue weighted by atomic mass is 10.3. The van der Waals surface area contributed by atoms with E-state index in [4.69, 9.17) is 4.74 Å². The van der Waals surface area contributed by atoms with Gasteiger partial charge in [-0.15, -0.1) is 0 Å². The number of ketones is 1. The first kappa shape index (κ1) is 8.04. The maximum Gasteiger partial charge on any atom is 0.410 e. The third-order valence-electron chi connectivity index (χ3n) is 1.61. The van der Waals surface area contributed by atoms with Crippen LogP contribution in [-0.2, 0) is 9.53 Å². The molecule has 62 valence electrons. The number of carbonyl (C=O) groups excluding carboxylic acids is 2. The van der Waals surface area contributed by atoms with Gasteiger partial charge in [0.1, 0.15) is 12.4 Å². The van der Waals surface area contributed by atoms with Gasteiger partial charge in [0.2, 0.25) is 0 Å². The van der Waals surface area contributed by atoms with Crippen LogP contribution in [0.4, 0.5) is 4.79 Å². The van der Waals surface area contributed by atoms with E-state index < -0.39 is 0 Å². The van der Waals surface area contributed by atoms with Crippen LogP contribution in [-0.4, -0.2) is 36.0 Å². The van der Waals surface area contributed by atoms with E-state index in [0.29, 0.717) is 6.61 Å². The number of hydrogen-bond acceptors (Lipinski definition) is 3. The molecule has 0 aromatic rings. The summed E-state index contributed by atoms with van der Waals surface area (Å²) >= 11 is 0. The Hall–Kier alpha value is -1.06. The fraction of sp³-hybridized carbons (Fsp3) is 0.714. The molecule has 1 unspecified atom stereocenters. The molecule has 1 heterocycles. The van der Waals surface area contributed by atoms with E-state index in [1.54, 1.807) is 0 Å². The van der Waals surface area contributed by atoms with Crippen LogP contribution >= 0.6 is 0 Å². The van der Waals surface area contributed by atoms with E-state index in [9.17, 15) is 9.59 Å². The van der Waals surface area contributed by atoms with Crippen molar-refractivity contribution in [1.82, 2.24) is 4.90 Å². The predicted octanol–water partition coefficient (Wildman–Crippen LogP) is 0.416. The van der Waals surface area contributed by atoms with Gasteiger partial charge in [-0.1, -0.05) is 0 Å². The topological polar surface area (TPSA) is 46.6 Å². The zero-order valence-corrected chi connectivity index (χ0v) is 6.66.